The Hall–Kier alpha value is -2.15. The molecule has 25 heavy (non-hydrogen) atoms. The summed E-state index contributed by atoms with van der Waals surface area (Å²) in [6.07, 6.45) is -2.62. The van der Waals surface area contributed by atoms with Crippen LogP contribution in [0.1, 0.15) is 11.1 Å². The van der Waals surface area contributed by atoms with Crippen molar-refractivity contribution >= 4 is 17.7 Å². The first-order valence-corrected chi connectivity index (χ1v) is 8.52. The van der Waals surface area contributed by atoms with E-state index >= 15 is 0 Å². The van der Waals surface area contributed by atoms with Crippen molar-refractivity contribution in [2.24, 2.45) is 0 Å². The molecular formula is C18H17F3O3S. The van der Waals surface area contributed by atoms with E-state index in [2.05, 4.69) is 4.74 Å². The third-order valence-corrected chi connectivity index (χ3v) is 4.44. The van der Waals surface area contributed by atoms with E-state index in [9.17, 15) is 18.0 Å². The number of halogens is 3. The molecule has 2 aromatic rings. The highest BCUT2D eigenvalue weighted by molar-refractivity contribution is 7.98. The number of benzene rings is 2. The van der Waals surface area contributed by atoms with Crippen molar-refractivity contribution in [2.75, 3.05) is 20.5 Å². The molecular weight excluding hydrogens is 353 g/mol. The number of rotatable bonds is 5. The Kier molecular flexibility index (Phi) is 6.00. The first-order chi connectivity index (χ1) is 11.8. The molecule has 0 bridgehead atoms. The highest BCUT2D eigenvalue weighted by atomic mass is 32.2. The first kappa shape index (κ1) is 19.2. The van der Waals surface area contributed by atoms with Crippen LogP contribution >= 0.6 is 11.8 Å². The molecule has 0 aliphatic rings. The summed E-state index contributed by atoms with van der Waals surface area (Å²) < 4.78 is 48.8. The molecule has 0 aromatic heterocycles. The number of carbonyl (C=O) groups is 1. The van der Waals surface area contributed by atoms with Crippen LogP contribution in [0.5, 0.6) is 5.75 Å². The third kappa shape index (κ3) is 4.48. The number of thioether (sulfide) groups is 1. The van der Waals surface area contributed by atoms with Gasteiger partial charge < -0.3 is 9.47 Å². The molecule has 0 heterocycles. The average Bonchev–Trinajstić information content (AvgIpc) is 2.60. The Bertz CT molecular complexity index is 773. The van der Waals surface area contributed by atoms with Crippen LogP contribution in [0.25, 0.3) is 11.1 Å². The molecule has 0 atom stereocenters. The SMILES string of the molecule is COC(=O)Cc1ccc(OC)c(-c2ccc(C(F)(F)F)cc2SC)c1. The Balaban J connectivity index is 2.55. The molecule has 0 amide bonds. The van der Waals surface area contributed by atoms with Gasteiger partial charge in [0.1, 0.15) is 5.75 Å². The predicted octanol–water partition coefficient (Wildman–Crippen LogP) is 4.82. The van der Waals surface area contributed by atoms with E-state index in [1.54, 1.807) is 24.5 Å². The van der Waals surface area contributed by atoms with Crippen LogP contribution in [-0.4, -0.2) is 26.4 Å². The maximum atomic E-state index is 12.9. The van der Waals surface area contributed by atoms with Crippen LogP contribution in [0.3, 0.4) is 0 Å². The number of ether oxygens (including phenoxy) is 2. The molecule has 7 heteroatoms. The molecule has 0 saturated carbocycles. The lowest BCUT2D eigenvalue weighted by atomic mass is 9.99. The fraction of sp³-hybridized carbons (Fsp3) is 0.278. The van der Waals surface area contributed by atoms with Crippen molar-refractivity contribution in [3.05, 3.63) is 47.5 Å². The van der Waals surface area contributed by atoms with Gasteiger partial charge >= 0.3 is 12.1 Å². The number of carbonyl (C=O) groups excluding carboxylic acids is 1. The summed E-state index contributed by atoms with van der Waals surface area (Å²) in [5, 5.41) is 0. The Morgan fingerprint density at radius 3 is 2.36 bits per heavy atom. The van der Waals surface area contributed by atoms with Crippen LogP contribution in [-0.2, 0) is 22.1 Å². The van der Waals surface area contributed by atoms with Crippen molar-refractivity contribution in [2.45, 2.75) is 17.5 Å². The summed E-state index contributed by atoms with van der Waals surface area (Å²) in [7, 11) is 2.79. The molecule has 2 aromatic carbocycles. The monoisotopic (exact) mass is 370 g/mol. The summed E-state index contributed by atoms with van der Waals surface area (Å²) in [4.78, 5) is 12.0. The van der Waals surface area contributed by atoms with Crippen molar-refractivity contribution < 1.29 is 27.4 Å². The Labute approximate surface area is 148 Å². The van der Waals surface area contributed by atoms with E-state index in [4.69, 9.17) is 4.74 Å². The van der Waals surface area contributed by atoms with Gasteiger partial charge in [0.25, 0.3) is 0 Å². The fourth-order valence-electron chi connectivity index (χ4n) is 2.40. The van der Waals surface area contributed by atoms with Crippen LogP contribution < -0.4 is 4.74 Å². The van der Waals surface area contributed by atoms with Crippen LogP contribution in [0.15, 0.2) is 41.3 Å². The van der Waals surface area contributed by atoms with Gasteiger partial charge in [-0.2, -0.15) is 13.2 Å². The van der Waals surface area contributed by atoms with Crippen molar-refractivity contribution in [1.82, 2.24) is 0 Å². The molecule has 0 fully saturated rings. The lowest BCUT2D eigenvalue weighted by molar-refractivity contribution is -0.140. The number of hydrogen-bond acceptors (Lipinski definition) is 4. The standard InChI is InChI=1S/C18H17F3O3S/c1-23-15-7-4-11(9-17(22)24-2)8-14(15)13-6-5-12(18(19,20)21)10-16(13)25-3/h4-8,10H,9H2,1-3H3. The first-order valence-electron chi connectivity index (χ1n) is 7.29. The van der Waals surface area contributed by atoms with E-state index in [1.165, 1.54) is 32.0 Å². The minimum absolute atomic E-state index is 0.0722. The number of hydrogen-bond donors (Lipinski definition) is 0. The second-order valence-corrected chi connectivity index (χ2v) is 6.05. The van der Waals surface area contributed by atoms with Gasteiger partial charge in [-0.1, -0.05) is 12.1 Å². The van der Waals surface area contributed by atoms with E-state index in [-0.39, 0.29) is 6.42 Å². The van der Waals surface area contributed by atoms with Gasteiger partial charge in [0, 0.05) is 10.5 Å². The highest BCUT2D eigenvalue weighted by Crippen LogP contribution is 2.40. The zero-order valence-corrected chi connectivity index (χ0v) is 14.8. The minimum Gasteiger partial charge on any atom is -0.496 e. The summed E-state index contributed by atoms with van der Waals surface area (Å²) in [6.45, 7) is 0. The van der Waals surface area contributed by atoms with Gasteiger partial charge in [-0.15, -0.1) is 11.8 Å². The second-order valence-electron chi connectivity index (χ2n) is 5.20. The maximum Gasteiger partial charge on any atom is 0.416 e. The third-order valence-electron chi connectivity index (χ3n) is 3.66. The maximum absolute atomic E-state index is 12.9. The molecule has 0 radical (unpaired) electrons. The zero-order chi connectivity index (χ0) is 18.6. The van der Waals surface area contributed by atoms with Crippen molar-refractivity contribution in [1.29, 1.82) is 0 Å². The van der Waals surface area contributed by atoms with Crippen molar-refractivity contribution in [3.63, 3.8) is 0 Å². The minimum atomic E-state index is -4.40. The Morgan fingerprint density at radius 1 is 1.08 bits per heavy atom. The molecule has 2 rings (SSSR count). The second kappa shape index (κ2) is 7.82. The predicted molar refractivity (Wildman–Crippen MR) is 90.9 cm³/mol. The average molecular weight is 370 g/mol. The molecule has 134 valence electrons. The number of alkyl halides is 3. The molecule has 0 aliphatic heterocycles. The van der Waals surface area contributed by atoms with Gasteiger partial charge in [-0.25, -0.2) is 0 Å². The fourth-order valence-corrected chi connectivity index (χ4v) is 3.05. The largest absolute Gasteiger partial charge is 0.496 e. The molecule has 0 aliphatic carbocycles. The van der Waals surface area contributed by atoms with Gasteiger partial charge in [-0.3, -0.25) is 4.79 Å². The van der Waals surface area contributed by atoms with E-state index in [0.29, 0.717) is 27.3 Å². The van der Waals surface area contributed by atoms with E-state index in [1.807, 2.05) is 0 Å². The van der Waals surface area contributed by atoms with Gasteiger partial charge in [-0.05, 0) is 41.6 Å². The quantitative estimate of drug-likeness (QED) is 0.558. The van der Waals surface area contributed by atoms with Gasteiger partial charge in [0.15, 0.2) is 0 Å². The van der Waals surface area contributed by atoms with Gasteiger partial charge in [0.05, 0.1) is 26.2 Å². The van der Waals surface area contributed by atoms with Gasteiger partial charge in [0.2, 0.25) is 0 Å². The molecule has 0 unspecified atom stereocenters. The smallest absolute Gasteiger partial charge is 0.416 e. The zero-order valence-electron chi connectivity index (χ0n) is 13.9. The van der Waals surface area contributed by atoms with Crippen LogP contribution in [0.4, 0.5) is 13.2 Å². The number of esters is 1. The summed E-state index contributed by atoms with van der Waals surface area (Å²) in [6, 6.07) is 8.73. The highest BCUT2D eigenvalue weighted by Gasteiger charge is 2.31. The molecule has 0 spiro atoms. The normalized spacial score (nSPS) is 11.3. The summed E-state index contributed by atoms with van der Waals surface area (Å²) >= 11 is 1.22. The topological polar surface area (TPSA) is 35.5 Å². The van der Waals surface area contributed by atoms with Crippen molar-refractivity contribution in [3.8, 4) is 16.9 Å². The molecule has 0 N–H and O–H groups in total. The molecule has 0 saturated heterocycles. The van der Waals surface area contributed by atoms with E-state index < -0.39 is 17.7 Å². The number of methoxy groups -OCH3 is 2. The molecule has 3 nitrogen and oxygen atoms in total. The van der Waals surface area contributed by atoms with Crippen LogP contribution in [0.2, 0.25) is 0 Å². The Morgan fingerprint density at radius 2 is 1.80 bits per heavy atom. The lowest BCUT2D eigenvalue weighted by Crippen LogP contribution is -2.06. The van der Waals surface area contributed by atoms with Crippen LogP contribution in [0, 0.1) is 0 Å². The lowest BCUT2D eigenvalue weighted by Gasteiger charge is -2.15. The summed E-state index contributed by atoms with van der Waals surface area (Å²) in [5.41, 5.74) is 1.23. The summed E-state index contributed by atoms with van der Waals surface area (Å²) in [5.74, 6) is 0.123. The van der Waals surface area contributed by atoms with E-state index in [0.717, 1.165) is 12.1 Å².